The van der Waals surface area contributed by atoms with Gasteiger partial charge < -0.3 is 0 Å². The van der Waals surface area contributed by atoms with E-state index in [0.29, 0.717) is 5.92 Å². The van der Waals surface area contributed by atoms with Gasteiger partial charge in [0.1, 0.15) is 0 Å². The van der Waals surface area contributed by atoms with Gasteiger partial charge in [-0.3, -0.25) is 0 Å². The molecule has 0 spiro atoms. The maximum absolute atomic E-state index is 2.44. The summed E-state index contributed by atoms with van der Waals surface area (Å²) in [6.07, 6.45) is 0. The summed E-state index contributed by atoms with van der Waals surface area (Å²) in [5, 5.41) is 10.1. The molecule has 0 amide bonds. The van der Waals surface area contributed by atoms with Crippen molar-refractivity contribution in [1.29, 1.82) is 0 Å². The minimum Gasteiger partial charge on any atom is -0.0616 e. The second-order valence-electron chi connectivity index (χ2n) is 15.0. The third-order valence-corrected chi connectivity index (χ3v) is 11.4. The molecule has 0 unspecified atom stereocenters. The molecule has 10 aromatic carbocycles. The molecule has 0 aliphatic heterocycles. The van der Waals surface area contributed by atoms with Crippen LogP contribution < -0.4 is 0 Å². The Labute approximate surface area is 323 Å². The highest BCUT2D eigenvalue weighted by molar-refractivity contribution is 6.23. The first-order chi connectivity index (χ1) is 27.1. The molecule has 0 fully saturated rings. The van der Waals surface area contributed by atoms with E-state index in [-0.39, 0.29) is 0 Å². The van der Waals surface area contributed by atoms with Gasteiger partial charge in [-0.2, -0.15) is 0 Å². The summed E-state index contributed by atoms with van der Waals surface area (Å²) in [5.74, 6) is 0.449. The van der Waals surface area contributed by atoms with E-state index in [2.05, 4.69) is 214 Å². The lowest BCUT2D eigenvalue weighted by Crippen LogP contribution is -1.95. The number of fused-ring (bicyclic) bond motifs is 4. The van der Waals surface area contributed by atoms with E-state index >= 15 is 0 Å². The third-order valence-electron chi connectivity index (χ3n) is 11.4. The Morgan fingerprint density at radius 2 is 0.782 bits per heavy atom. The molecule has 55 heavy (non-hydrogen) atoms. The molecule has 260 valence electrons. The molecule has 0 nitrogen and oxygen atoms in total. The van der Waals surface area contributed by atoms with Gasteiger partial charge in [-0.15, -0.1) is 0 Å². The minimum atomic E-state index is 0.449. The second-order valence-corrected chi connectivity index (χ2v) is 15.0. The van der Waals surface area contributed by atoms with Crippen LogP contribution in [0, 0.1) is 0 Å². The molecule has 10 aromatic rings. The summed E-state index contributed by atoms with van der Waals surface area (Å²) in [6, 6.07) is 74.2. The third kappa shape index (κ3) is 5.79. The van der Waals surface area contributed by atoms with E-state index in [1.807, 2.05) is 0 Å². The van der Waals surface area contributed by atoms with Gasteiger partial charge in [-0.05, 0) is 122 Å². The zero-order valence-electron chi connectivity index (χ0n) is 31.1. The van der Waals surface area contributed by atoms with Gasteiger partial charge in [0.25, 0.3) is 0 Å². The predicted molar refractivity (Wildman–Crippen MR) is 238 cm³/mol. The van der Waals surface area contributed by atoms with Gasteiger partial charge in [0.15, 0.2) is 0 Å². The lowest BCUT2D eigenvalue weighted by molar-refractivity contribution is 0.867. The van der Waals surface area contributed by atoms with Crippen LogP contribution in [-0.4, -0.2) is 0 Å². The van der Waals surface area contributed by atoms with E-state index in [1.54, 1.807) is 0 Å². The van der Waals surface area contributed by atoms with Gasteiger partial charge >= 0.3 is 0 Å². The van der Waals surface area contributed by atoms with E-state index < -0.39 is 0 Å². The first kappa shape index (κ1) is 32.9. The lowest BCUT2D eigenvalue weighted by Gasteiger charge is -2.21. The topological polar surface area (TPSA) is 0 Å². The first-order valence-corrected chi connectivity index (χ1v) is 19.4. The molecule has 0 saturated carbocycles. The fourth-order valence-electron chi connectivity index (χ4n) is 8.63. The summed E-state index contributed by atoms with van der Waals surface area (Å²) in [7, 11) is 0. The van der Waals surface area contributed by atoms with E-state index in [1.165, 1.54) is 104 Å². The van der Waals surface area contributed by atoms with E-state index in [9.17, 15) is 0 Å². The van der Waals surface area contributed by atoms with Crippen LogP contribution in [0.3, 0.4) is 0 Å². The monoisotopic (exact) mass is 700 g/mol. The molecule has 0 heterocycles. The molecule has 0 atom stereocenters. The SMILES string of the molecule is CC(C)c1cccc(-c2c3ccccc3c(-c3cc(-c4ccc(-c5ccc6ccccc6c5)cc4)ccc3-c3cccc4ccccc34)c3ccccc23)c1. The van der Waals surface area contributed by atoms with Crippen molar-refractivity contribution in [1.82, 2.24) is 0 Å². The van der Waals surface area contributed by atoms with Crippen molar-refractivity contribution in [2.75, 3.05) is 0 Å². The summed E-state index contributed by atoms with van der Waals surface area (Å²) in [6.45, 7) is 4.55. The van der Waals surface area contributed by atoms with Crippen molar-refractivity contribution < 1.29 is 0 Å². The number of benzene rings is 10. The molecular weight excluding hydrogens is 661 g/mol. The minimum absolute atomic E-state index is 0.449. The van der Waals surface area contributed by atoms with Crippen LogP contribution >= 0.6 is 0 Å². The Kier molecular flexibility index (Phi) is 8.11. The van der Waals surface area contributed by atoms with Crippen molar-refractivity contribution in [2.45, 2.75) is 19.8 Å². The zero-order valence-corrected chi connectivity index (χ0v) is 31.1. The molecule has 0 heteroatoms. The maximum Gasteiger partial charge on any atom is -0.00199 e. The van der Waals surface area contributed by atoms with E-state index in [0.717, 1.165) is 0 Å². The van der Waals surface area contributed by atoms with Crippen LogP contribution in [0.15, 0.2) is 200 Å². The molecule has 0 aromatic heterocycles. The van der Waals surface area contributed by atoms with Crippen molar-refractivity contribution in [3.63, 3.8) is 0 Å². The van der Waals surface area contributed by atoms with Crippen LogP contribution in [0.2, 0.25) is 0 Å². The van der Waals surface area contributed by atoms with Crippen LogP contribution in [-0.2, 0) is 0 Å². The molecule has 0 N–H and O–H groups in total. The fourth-order valence-corrected chi connectivity index (χ4v) is 8.63. The summed E-state index contributed by atoms with van der Waals surface area (Å²) < 4.78 is 0. The van der Waals surface area contributed by atoms with Crippen LogP contribution in [0.4, 0.5) is 0 Å². The van der Waals surface area contributed by atoms with E-state index in [4.69, 9.17) is 0 Å². The van der Waals surface area contributed by atoms with Crippen molar-refractivity contribution in [3.8, 4) is 55.6 Å². The lowest BCUT2D eigenvalue weighted by atomic mass is 9.82. The van der Waals surface area contributed by atoms with Gasteiger partial charge in [-0.25, -0.2) is 0 Å². The fraction of sp³-hybridized carbons (Fsp3) is 0.0545. The van der Waals surface area contributed by atoms with Crippen molar-refractivity contribution in [3.05, 3.63) is 206 Å². The highest BCUT2D eigenvalue weighted by Gasteiger charge is 2.21. The summed E-state index contributed by atoms with van der Waals surface area (Å²) >= 11 is 0. The largest absolute Gasteiger partial charge is 0.0616 e. The number of hydrogen-bond donors (Lipinski definition) is 0. The highest BCUT2D eigenvalue weighted by Crippen LogP contribution is 2.48. The van der Waals surface area contributed by atoms with Crippen LogP contribution in [0.5, 0.6) is 0 Å². The first-order valence-electron chi connectivity index (χ1n) is 19.4. The maximum atomic E-state index is 2.44. The summed E-state index contributed by atoms with van der Waals surface area (Å²) in [4.78, 5) is 0. The van der Waals surface area contributed by atoms with Gasteiger partial charge in [0.2, 0.25) is 0 Å². The van der Waals surface area contributed by atoms with Gasteiger partial charge in [-0.1, -0.05) is 202 Å². The Balaban J connectivity index is 1.22. The normalized spacial score (nSPS) is 11.6. The van der Waals surface area contributed by atoms with Gasteiger partial charge in [0, 0.05) is 0 Å². The molecular formula is C55H40. The Bertz CT molecular complexity index is 2990. The summed E-state index contributed by atoms with van der Waals surface area (Å²) in [5.41, 5.74) is 13.8. The second kappa shape index (κ2) is 13.6. The van der Waals surface area contributed by atoms with Crippen molar-refractivity contribution in [2.24, 2.45) is 0 Å². The Hall–Kier alpha value is -6.76. The molecule has 0 radical (unpaired) electrons. The standard InChI is InChI=1S/C55H40/c1-36(2)41-17-11-18-45(33-41)54-49-20-7-9-22-51(49)55(52-23-10-8-21-50(52)54)53-35-44(31-32-48(53)47-24-12-16-40-14-5-6-19-46(40)47)39-27-25-38(26-28-39)43-30-29-37-13-3-4-15-42(37)34-43/h3-36H,1-2H3. The zero-order chi connectivity index (χ0) is 36.9. The predicted octanol–water partition coefficient (Wildman–Crippen LogP) is 15.8. The molecule has 0 saturated heterocycles. The molecule has 0 bridgehead atoms. The smallest absolute Gasteiger partial charge is 0.00199 e. The van der Waals surface area contributed by atoms with Gasteiger partial charge in [0.05, 0.1) is 0 Å². The highest BCUT2D eigenvalue weighted by atomic mass is 14.2. The number of rotatable bonds is 6. The molecule has 0 aliphatic rings. The van der Waals surface area contributed by atoms with Crippen molar-refractivity contribution >= 4 is 43.1 Å². The Morgan fingerprint density at radius 1 is 0.273 bits per heavy atom. The molecule has 10 rings (SSSR count). The quantitative estimate of drug-likeness (QED) is 0.152. The van der Waals surface area contributed by atoms with Crippen LogP contribution in [0.25, 0.3) is 98.7 Å². The average Bonchev–Trinajstić information content (AvgIpc) is 3.25. The average molecular weight is 701 g/mol. The van der Waals surface area contributed by atoms with Crippen LogP contribution in [0.1, 0.15) is 25.3 Å². The Morgan fingerprint density at radius 3 is 1.45 bits per heavy atom. The number of hydrogen-bond acceptors (Lipinski definition) is 0. The molecule has 0 aliphatic carbocycles.